The minimum Gasteiger partial charge on any atom is -0.598 e. The fourth-order valence-electron chi connectivity index (χ4n) is 5.97. The Hall–Kier alpha value is -2.43. The number of amidine groups is 1. The van der Waals surface area contributed by atoms with Gasteiger partial charge in [-0.1, -0.05) is 25.8 Å². The van der Waals surface area contributed by atoms with Crippen molar-refractivity contribution in [3.63, 3.8) is 0 Å². The van der Waals surface area contributed by atoms with Crippen LogP contribution in [0.5, 0.6) is 0 Å². The van der Waals surface area contributed by atoms with Crippen molar-refractivity contribution < 1.29 is 18.9 Å². The molecule has 10 heteroatoms. The van der Waals surface area contributed by atoms with Gasteiger partial charge >= 0.3 is 6.03 Å². The van der Waals surface area contributed by atoms with Gasteiger partial charge < -0.3 is 14.8 Å². The van der Waals surface area contributed by atoms with E-state index in [0.717, 1.165) is 35.7 Å². The van der Waals surface area contributed by atoms with Crippen LogP contribution in [0, 0.1) is 18.8 Å². The van der Waals surface area contributed by atoms with Crippen LogP contribution in [0.15, 0.2) is 23.2 Å². The average molecular weight is 528 g/mol. The summed E-state index contributed by atoms with van der Waals surface area (Å²) in [5.41, 5.74) is 1.89. The lowest BCUT2D eigenvalue weighted by Gasteiger charge is -2.35. The Morgan fingerprint density at radius 3 is 2.46 bits per heavy atom. The van der Waals surface area contributed by atoms with Crippen molar-refractivity contribution in [3.05, 3.63) is 29.3 Å². The van der Waals surface area contributed by atoms with Gasteiger partial charge in [0.25, 0.3) is 11.8 Å². The van der Waals surface area contributed by atoms with Gasteiger partial charge in [-0.25, -0.2) is 9.69 Å². The number of likely N-dealkylation sites (N-methyl/N-ethyl adjacent to an activating group) is 1. The summed E-state index contributed by atoms with van der Waals surface area (Å²) in [6, 6.07) is 5.23. The van der Waals surface area contributed by atoms with E-state index in [1.807, 2.05) is 23.4 Å². The molecule has 9 nitrogen and oxygen atoms in total. The number of benzene rings is 1. The van der Waals surface area contributed by atoms with Gasteiger partial charge in [-0.05, 0) is 61.8 Å². The third-order valence-electron chi connectivity index (χ3n) is 8.51. The molecule has 200 valence electrons. The quantitative estimate of drug-likeness (QED) is 0.452. The van der Waals surface area contributed by atoms with Crippen molar-refractivity contribution in [1.82, 2.24) is 14.5 Å². The molecule has 0 bridgehead atoms. The zero-order valence-electron chi connectivity index (χ0n) is 22.0. The van der Waals surface area contributed by atoms with E-state index in [1.165, 1.54) is 22.6 Å². The summed E-state index contributed by atoms with van der Waals surface area (Å²) in [4.78, 5) is 44.9. The molecule has 1 N–H and O–H groups in total. The lowest BCUT2D eigenvalue weighted by molar-refractivity contribution is -0.125. The SMILES string of the molecule is Cc1cc(N2C(=O)CN(C)C2=O)ccc1CC[S+]([O-])N1CCC2(CC1)N=C(C1CCC(C)CC1)NC2=O. The van der Waals surface area contributed by atoms with Crippen LogP contribution >= 0.6 is 0 Å². The van der Waals surface area contributed by atoms with Crippen LogP contribution in [-0.4, -0.2) is 75.4 Å². The molecule has 5 rings (SSSR count). The number of hydrogen-bond donors (Lipinski definition) is 1. The second-order valence-electron chi connectivity index (χ2n) is 11.1. The average Bonchev–Trinajstić information content (AvgIpc) is 3.32. The first-order chi connectivity index (χ1) is 17.7. The maximum atomic E-state index is 13.1. The first-order valence-electron chi connectivity index (χ1n) is 13.4. The van der Waals surface area contributed by atoms with Gasteiger partial charge in [-0.15, -0.1) is 4.31 Å². The number of aryl methyl sites for hydroxylation is 2. The summed E-state index contributed by atoms with van der Waals surface area (Å²) in [7, 11) is 1.61. The molecule has 1 unspecified atom stereocenters. The molecule has 4 aliphatic rings. The Bertz CT molecular complexity index is 1110. The van der Waals surface area contributed by atoms with Crippen LogP contribution in [0.25, 0.3) is 0 Å². The Kier molecular flexibility index (Phi) is 7.35. The maximum absolute atomic E-state index is 13.1. The first kappa shape index (κ1) is 26.2. The molecular formula is C27H37N5O4S. The molecule has 1 aliphatic carbocycles. The molecule has 3 aliphatic heterocycles. The smallest absolute Gasteiger partial charge is 0.331 e. The van der Waals surface area contributed by atoms with Crippen LogP contribution in [0.1, 0.15) is 56.6 Å². The number of hydrogen-bond acceptors (Lipinski definition) is 6. The highest BCUT2D eigenvalue weighted by molar-refractivity contribution is 7.89. The molecule has 1 spiro atoms. The number of carbonyl (C=O) groups is 3. The molecule has 1 atom stereocenters. The van der Waals surface area contributed by atoms with Crippen LogP contribution in [0.3, 0.4) is 0 Å². The van der Waals surface area contributed by atoms with Gasteiger partial charge in [-0.3, -0.25) is 14.6 Å². The van der Waals surface area contributed by atoms with Crippen molar-refractivity contribution in [2.75, 3.05) is 37.3 Å². The third-order valence-corrected chi connectivity index (χ3v) is 10.0. The minimum absolute atomic E-state index is 0.0171. The molecule has 3 fully saturated rings. The number of urea groups is 1. The molecule has 0 radical (unpaired) electrons. The number of piperidine rings is 1. The topological polar surface area (TPSA) is 108 Å². The maximum Gasteiger partial charge on any atom is 0.331 e. The Labute approximate surface area is 222 Å². The molecule has 1 aromatic rings. The summed E-state index contributed by atoms with van der Waals surface area (Å²) < 4.78 is 15.1. The zero-order valence-corrected chi connectivity index (χ0v) is 22.8. The van der Waals surface area contributed by atoms with E-state index in [1.54, 1.807) is 13.1 Å². The highest BCUT2D eigenvalue weighted by Crippen LogP contribution is 2.36. The van der Waals surface area contributed by atoms with Gasteiger partial charge in [0.1, 0.15) is 23.7 Å². The van der Waals surface area contributed by atoms with E-state index in [-0.39, 0.29) is 24.4 Å². The number of nitrogens with zero attached hydrogens (tertiary/aromatic N) is 4. The highest BCUT2D eigenvalue weighted by Gasteiger charge is 2.48. The van der Waals surface area contributed by atoms with E-state index in [4.69, 9.17) is 4.99 Å². The van der Waals surface area contributed by atoms with E-state index >= 15 is 0 Å². The summed E-state index contributed by atoms with van der Waals surface area (Å²) in [5.74, 6) is 2.27. The van der Waals surface area contributed by atoms with E-state index < -0.39 is 16.9 Å². The highest BCUT2D eigenvalue weighted by atomic mass is 32.2. The van der Waals surface area contributed by atoms with Crippen molar-refractivity contribution in [1.29, 1.82) is 0 Å². The van der Waals surface area contributed by atoms with Crippen molar-refractivity contribution >= 4 is 40.7 Å². The molecule has 4 amide bonds. The molecule has 37 heavy (non-hydrogen) atoms. The summed E-state index contributed by atoms with van der Waals surface area (Å²) >= 11 is -1.16. The van der Waals surface area contributed by atoms with Crippen molar-refractivity contribution in [3.8, 4) is 0 Å². The van der Waals surface area contributed by atoms with Crippen LogP contribution < -0.4 is 10.2 Å². The number of nitrogens with one attached hydrogen (secondary N) is 1. The normalized spacial score (nSPS) is 27.1. The van der Waals surface area contributed by atoms with Crippen molar-refractivity contribution in [2.24, 2.45) is 16.8 Å². The van der Waals surface area contributed by atoms with Gasteiger partial charge in [-0.2, -0.15) is 0 Å². The Morgan fingerprint density at radius 2 is 1.84 bits per heavy atom. The predicted molar refractivity (Wildman–Crippen MR) is 144 cm³/mol. The van der Waals surface area contributed by atoms with Gasteiger partial charge in [0.15, 0.2) is 0 Å². The number of aliphatic imine (C=N–C) groups is 1. The largest absolute Gasteiger partial charge is 0.598 e. The molecular weight excluding hydrogens is 490 g/mol. The monoisotopic (exact) mass is 527 g/mol. The van der Waals surface area contributed by atoms with E-state index in [0.29, 0.717) is 49.7 Å². The second-order valence-corrected chi connectivity index (χ2v) is 12.7. The fraction of sp³-hybridized carbons (Fsp3) is 0.630. The van der Waals surface area contributed by atoms with E-state index in [9.17, 15) is 18.9 Å². The third kappa shape index (κ3) is 5.15. The number of amides is 4. The van der Waals surface area contributed by atoms with Gasteiger partial charge in [0.2, 0.25) is 0 Å². The Morgan fingerprint density at radius 1 is 1.14 bits per heavy atom. The first-order valence-corrected chi connectivity index (χ1v) is 14.7. The number of anilines is 1. The van der Waals surface area contributed by atoms with Crippen LogP contribution in [0.4, 0.5) is 10.5 Å². The number of imide groups is 1. The number of carbonyl (C=O) groups excluding carboxylic acids is 3. The molecule has 1 saturated carbocycles. The molecule has 2 saturated heterocycles. The lowest BCUT2D eigenvalue weighted by Crippen LogP contribution is -2.51. The summed E-state index contributed by atoms with van der Waals surface area (Å²) in [5, 5.41) is 3.10. The van der Waals surface area contributed by atoms with Crippen LogP contribution in [0.2, 0.25) is 0 Å². The molecule has 3 heterocycles. The standard InChI is InChI=1S/C27H37N5O4S/c1-18-4-6-21(7-5-18)24-28-25(34)27(29-24)11-13-31(14-12-27)37(36)15-10-20-8-9-22(16-19(20)2)32-23(33)17-30(3)26(32)35/h8-9,16,18,21H,4-7,10-15,17H2,1-3H3,(H,28,29,34). The number of rotatable bonds is 6. The van der Waals surface area contributed by atoms with Crippen LogP contribution in [-0.2, 0) is 27.4 Å². The summed E-state index contributed by atoms with van der Waals surface area (Å²) in [6.45, 7) is 5.50. The molecule has 1 aromatic carbocycles. The zero-order chi connectivity index (χ0) is 26.3. The van der Waals surface area contributed by atoms with Crippen molar-refractivity contribution in [2.45, 2.75) is 64.3 Å². The minimum atomic E-state index is -1.16. The second kappa shape index (κ2) is 10.4. The Balaban J connectivity index is 1.15. The predicted octanol–water partition coefficient (Wildman–Crippen LogP) is 2.79. The molecule has 0 aromatic heterocycles. The fourth-order valence-corrected chi connectivity index (χ4v) is 7.21. The van der Waals surface area contributed by atoms with E-state index in [2.05, 4.69) is 12.2 Å². The van der Waals surface area contributed by atoms with Gasteiger partial charge in [0, 0.05) is 43.8 Å². The summed E-state index contributed by atoms with van der Waals surface area (Å²) in [6.07, 6.45) is 6.38. The lowest BCUT2D eigenvalue weighted by atomic mass is 9.82. The van der Waals surface area contributed by atoms with Gasteiger partial charge in [0.05, 0.1) is 5.69 Å².